The Morgan fingerprint density at radius 1 is 1.50 bits per heavy atom. The Hall–Kier alpha value is -1.00. The zero-order valence-electron chi connectivity index (χ0n) is 9.66. The van der Waals surface area contributed by atoms with Gasteiger partial charge in [-0.1, -0.05) is 19.1 Å². The number of rotatable bonds is 6. The molecule has 0 amide bonds. The van der Waals surface area contributed by atoms with Crippen LogP contribution in [0.1, 0.15) is 12.5 Å². The summed E-state index contributed by atoms with van der Waals surface area (Å²) in [5, 5.41) is 3.27. The fraction of sp³-hybridized carbons (Fsp3) is 0.417. The van der Waals surface area contributed by atoms with Crippen molar-refractivity contribution in [1.29, 1.82) is 0 Å². The third-order valence-electron chi connectivity index (χ3n) is 2.06. The second-order valence-electron chi connectivity index (χ2n) is 3.29. The number of benzene rings is 1. The number of methoxy groups -OCH3 is 1. The van der Waals surface area contributed by atoms with E-state index in [0.29, 0.717) is 5.75 Å². The molecule has 0 aliphatic carbocycles. The molecule has 1 aromatic rings. The van der Waals surface area contributed by atoms with E-state index in [4.69, 9.17) is 0 Å². The molecule has 1 rings (SSSR count). The van der Waals surface area contributed by atoms with Crippen molar-refractivity contribution in [3.05, 3.63) is 29.8 Å². The molecule has 0 bridgehead atoms. The van der Waals surface area contributed by atoms with Crippen molar-refractivity contribution in [2.45, 2.75) is 18.4 Å². The molecule has 1 N–H and O–H groups in total. The molecule has 0 atom stereocenters. The first-order valence-corrected chi connectivity index (χ1v) is 6.24. The van der Waals surface area contributed by atoms with Crippen LogP contribution in [0.4, 0.5) is 0 Å². The van der Waals surface area contributed by atoms with Crippen LogP contribution in [0.15, 0.2) is 29.2 Å². The van der Waals surface area contributed by atoms with Crippen molar-refractivity contribution in [2.24, 2.45) is 0 Å². The molecule has 4 heteroatoms. The smallest absolute Gasteiger partial charge is 0.315 e. The van der Waals surface area contributed by atoms with Gasteiger partial charge >= 0.3 is 5.97 Å². The van der Waals surface area contributed by atoms with Gasteiger partial charge in [-0.05, 0) is 24.2 Å². The molecule has 0 aliphatic heterocycles. The van der Waals surface area contributed by atoms with Crippen LogP contribution in [-0.4, -0.2) is 25.4 Å². The lowest BCUT2D eigenvalue weighted by Crippen LogP contribution is -2.11. The van der Waals surface area contributed by atoms with E-state index in [1.54, 1.807) is 0 Å². The van der Waals surface area contributed by atoms with E-state index < -0.39 is 0 Å². The highest BCUT2D eigenvalue weighted by Gasteiger charge is 2.02. The Bertz CT molecular complexity index is 342. The average molecular weight is 239 g/mol. The zero-order valence-corrected chi connectivity index (χ0v) is 10.5. The molecule has 0 aliphatic rings. The molecule has 0 saturated carbocycles. The molecule has 1 aromatic carbocycles. The highest BCUT2D eigenvalue weighted by Crippen LogP contribution is 2.19. The first-order chi connectivity index (χ1) is 7.76. The van der Waals surface area contributed by atoms with Crippen molar-refractivity contribution >= 4 is 17.7 Å². The lowest BCUT2D eigenvalue weighted by molar-refractivity contribution is -0.137. The summed E-state index contributed by atoms with van der Waals surface area (Å²) in [5.74, 6) is 0.170. The number of ether oxygens (including phenoxy) is 1. The second kappa shape index (κ2) is 7.30. The summed E-state index contributed by atoms with van der Waals surface area (Å²) in [6.07, 6.45) is 0. The SMILES string of the molecule is CCNCc1cccc(SCC(=O)OC)c1. The van der Waals surface area contributed by atoms with Crippen molar-refractivity contribution in [3.8, 4) is 0 Å². The molecule has 0 heterocycles. The molecule has 0 spiro atoms. The van der Waals surface area contributed by atoms with E-state index in [1.807, 2.05) is 12.1 Å². The maximum Gasteiger partial charge on any atom is 0.315 e. The third kappa shape index (κ3) is 4.68. The molecule has 0 radical (unpaired) electrons. The van der Waals surface area contributed by atoms with Gasteiger partial charge in [0.2, 0.25) is 0 Å². The summed E-state index contributed by atoms with van der Waals surface area (Å²) in [7, 11) is 1.41. The summed E-state index contributed by atoms with van der Waals surface area (Å²) >= 11 is 1.50. The van der Waals surface area contributed by atoms with Gasteiger partial charge in [0.15, 0.2) is 0 Å². The number of thioether (sulfide) groups is 1. The number of carbonyl (C=O) groups is 1. The number of hydrogen-bond acceptors (Lipinski definition) is 4. The molecule has 88 valence electrons. The van der Waals surface area contributed by atoms with Gasteiger partial charge in [-0.2, -0.15) is 0 Å². The summed E-state index contributed by atoms with van der Waals surface area (Å²) in [4.78, 5) is 12.1. The van der Waals surface area contributed by atoms with Crippen LogP contribution in [0.2, 0.25) is 0 Å². The Morgan fingerprint density at radius 2 is 2.31 bits per heavy atom. The maximum atomic E-state index is 11.0. The Balaban J connectivity index is 2.50. The Labute approximate surface area is 101 Å². The summed E-state index contributed by atoms with van der Waals surface area (Å²) in [6.45, 7) is 3.90. The minimum atomic E-state index is -0.193. The molecule has 16 heavy (non-hydrogen) atoms. The van der Waals surface area contributed by atoms with E-state index in [9.17, 15) is 4.79 Å². The van der Waals surface area contributed by atoms with Gasteiger partial charge in [0, 0.05) is 11.4 Å². The molecule has 3 nitrogen and oxygen atoms in total. The van der Waals surface area contributed by atoms with Crippen LogP contribution < -0.4 is 5.32 Å². The van der Waals surface area contributed by atoms with E-state index in [1.165, 1.54) is 24.4 Å². The number of carbonyl (C=O) groups excluding carboxylic acids is 1. The minimum absolute atomic E-state index is 0.193. The van der Waals surface area contributed by atoms with Gasteiger partial charge in [-0.3, -0.25) is 4.79 Å². The lowest BCUT2D eigenvalue weighted by atomic mass is 10.2. The molecule has 0 fully saturated rings. The van der Waals surface area contributed by atoms with E-state index >= 15 is 0 Å². The van der Waals surface area contributed by atoms with Crippen molar-refractivity contribution in [1.82, 2.24) is 5.32 Å². The molecule has 0 saturated heterocycles. The lowest BCUT2D eigenvalue weighted by Gasteiger charge is -2.05. The van der Waals surface area contributed by atoms with Crippen LogP contribution in [0.3, 0.4) is 0 Å². The average Bonchev–Trinajstić information content (AvgIpc) is 2.34. The van der Waals surface area contributed by atoms with Gasteiger partial charge in [-0.15, -0.1) is 11.8 Å². The van der Waals surface area contributed by atoms with Gasteiger partial charge in [0.1, 0.15) is 0 Å². The number of esters is 1. The van der Waals surface area contributed by atoms with Gasteiger partial charge in [0.25, 0.3) is 0 Å². The number of hydrogen-bond donors (Lipinski definition) is 1. The largest absolute Gasteiger partial charge is 0.468 e. The normalized spacial score (nSPS) is 10.1. The number of nitrogens with one attached hydrogen (secondary N) is 1. The van der Waals surface area contributed by atoms with E-state index in [0.717, 1.165) is 18.0 Å². The molecular weight excluding hydrogens is 222 g/mol. The van der Waals surface area contributed by atoms with Gasteiger partial charge in [0.05, 0.1) is 12.9 Å². The molecular formula is C12H17NO2S. The van der Waals surface area contributed by atoms with Crippen molar-refractivity contribution in [2.75, 3.05) is 19.4 Å². The first kappa shape index (κ1) is 13.1. The first-order valence-electron chi connectivity index (χ1n) is 5.25. The fourth-order valence-electron chi connectivity index (χ4n) is 1.22. The predicted octanol–water partition coefficient (Wildman–Crippen LogP) is 2.06. The maximum absolute atomic E-state index is 11.0. The zero-order chi connectivity index (χ0) is 11.8. The van der Waals surface area contributed by atoms with Crippen LogP contribution in [-0.2, 0) is 16.1 Å². The standard InChI is InChI=1S/C12H17NO2S/c1-3-13-8-10-5-4-6-11(7-10)16-9-12(14)15-2/h4-7,13H,3,8-9H2,1-2H3. The minimum Gasteiger partial charge on any atom is -0.468 e. The second-order valence-corrected chi connectivity index (χ2v) is 4.34. The Kier molecular flexibility index (Phi) is 5.96. The summed E-state index contributed by atoms with van der Waals surface area (Å²) in [5.41, 5.74) is 1.23. The third-order valence-corrected chi connectivity index (χ3v) is 3.03. The molecule has 0 aromatic heterocycles. The summed E-state index contributed by atoms with van der Waals surface area (Å²) < 4.78 is 4.59. The Morgan fingerprint density at radius 3 is 3.00 bits per heavy atom. The quantitative estimate of drug-likeness (QED) is 0.609. The van der Waals surface area contributed by atoms with Gasteiger partial charge in [-0.25, -0.2) is 0 Å². The predicted molar refractivity (Wildman–Crippen MR) is 66.6 cm³/mol. The summed E-state index contributed by atoms with van der Waals surface area (Å²) in [6, 6.07) is 8.18. The van der Waals surface area contributed by atoms with Crippen LogP contribution in [0.5, 0.6) is 0 Å². The van der Waals surface area contributed by atoms with Crippen molar-refractivity contribution < 1.29 is 9.53 Å². The topological polar surface area (TPSA) is 38.3 Å². The van der Waals surface area contributed by atoms with Crippen LogP contribution in [0.25, 0.3) is 0 Å². The van der Waals surface area contributed by atoms with E-state index in [2.05, 4.69) is 29.1 Å². The highest BCUT2D eigenvalue weighted by atomic mass is 32.2. The molecule has 0 unspecified atom stereocenters. The van der Waals surface area contributed by atoms with E-state index in [-0.39, 0.29) is 5.97 Å². The highest BCUT2D eigenvalue weighted by molar-refractivity contribution is 8.00. The van der Waals surface area contributed by atoms with Crippen LogP contribution >= 0.6 is 11.8 Å². The van der Waals surface area contributed by atoms with Crippen LogP contribution in [0, 0.1) is 0 Å². The fourth-order valence-corrected chi connectivity index (χ4v) is 2.03. The van der Waals surface area contributed by atoms with Crippen molar-refractivity contribution in [3.63, 3.8) is 0 Å². The van der Waals surface area contributed by atoms with Gasteiger partial charge < -0.3 is 10.1 Å². The monoisotopic (exact) mass is 239 g/mol.